The predicted molar refractivity (Wildman–Crippen MR) is 79.6 cm³/mol. The molecule has 1 aromatic heterocycles. The molecule has 0 aliphatic heterocycles. The topological polar surface area (TPSA) is 46.9 Å². The molecule has 20 heavy (non-hydrogen) atoms. The Hall–Kier alpha value is -1.81. The van der Waals surface area contributed by atoms with Gasteiger partial charge in [-0.2, -0.15) is 0 Å². The van der Waals surface area contributed by atoms with Gasteiger partial charge < -0.3 is 9.88 Å². The summed E-state index contributed by atoms with van der Waals surface area (Å²) in [5.74, 6) is 0.0793. The van der Waals surface area contributed by atoms with E-state index in [1.165, 1.54) is 0 Å². The van der Waals surface area contributed by atoms with E-state index in [0.29, 0.717) is 24.4 Å². The SMILES string of the molecule is O=C(CCc1cccc(Cl)c1)NCCCn1ccnc1. The normalized spacial score (nSPS) is 10.4. The Morgan fingerprint density at radius 1 is 1.40 bits per heavy atom. The van der Waals surface area contributed by atoms with Crippen LogP contribution in [0.4, 0.5) is 0 Å². The minimum atomic E-state index is 0.0793. The average molecular weight is 292 g/mol. The highest BCUT2D eigenvalue weighted by Gasteiger charge is 2.02. The number of carbonyl (C=O) groups is 1. The Morgan fingerprint density at radius 3 is 3.05 bits per heavy atom. The molecule has 0 fully saturated rings. The van der Waals surface area contributed by atoms with E-state index >= 15 is 0 Å². The van der Waals surface area contributed by atoms with Crippen molar-refractivity contribution in [3.63, 3.8) is 0 Å². The molecule has 0 aliphatic rings. The van der Waals surface area contributed by atoms with Crippen LogP contribution in [-0.4, -0.2) is 22.0 Å². The lowest BCUT2D eigenvalue weighted by Gasteiger charge is -2.06. The van der Waals surface area contributed by atoms with E-state index in [4.69, 9.17) is 11.6 Å². The molecule has 2 aromatic rings. The van der Waals surface area contributed by atoms with E-state index in [0.717, 1.165) is 18.5 Å². The number of halogens is 1. The van der Waals surface area contributed by atoms with Crippen molar-refractivity contribution < 1.29 is 4.79 Å². The van der Waals surface area contributed by atoms with Gasteiger partial charge in [-0.25, -0.2) is 4.98 Å². The number of carbonyl (C=O) groups excluding carboxylic acids is 1. The first-order valence-electron chi connectivity index (χ1n) is 6.71. The minimum absolute atomic E-state index is 0.0793. The summed E-state index contributed by atoms with van der Waals surface area (Å²) in [7, 11) is 0. The maximum atomic E-state index is 11.7. The molecule has 0 bridgehead atoms. The highest BCUT2D eigenvalue weighted by Crippen LogP contribution is 2.11. The van der Waals surface area contributed by atoms with Gasteiger partial charge in [-0.15, -0.1) is 0 Å². The first-order chi connectivity index (χ1) is 9.74. The number of nitrogens with one attached hydrogen (secondary N) is 1. The van der Waals surface area contributed by atoms with Gasteiger partial charge in [0.05, 0.1) is 6.33 Å². The summed E-state index contributed by atoms with van der Waals surface area (Å²) >= 11 is 5.90. The molecule has 0 saturated heterocycles. The number of aryl methyl sites for hydroxylation is 2. The lowest BCUT2D eigenvalue weighted by Crippen LogP contribution is -2.25. The molecule has 0 saturated carbocycles. The monoisotopic (exact) mass is 291 g/mol. The molecule has 4 nitrogen and oxygen atoms in total. The second kappa shape index (κ2) is 7.70. The van der Waals surface area contributed by atoms with Gasteiger partial charge in [-0.1, -0.05) is 23.7 Å². The van der Waals surface area contributed by atoms with Crippen LogP contribution in [0.2, 0.25) is 5.02 Å². The molecule has 1 amide bonds. The Balaban J connectivity index is 1.61. The molecule has 0 spiro atoms. The fraction of sp³-hybridized carbons (Fsp3) is 0.333. The van der Waals surface area contributed by atoms with E-state index in [1.807, 2.05) is 35.0 Å². The molecule has 106 valence electrons. The van der Waals surface area contributed by atoms with Crippen molar-refractivity contribution in [2.75, 3.05) is 6.54 Å². The highest BCUT2D eigenvalue weighted by atomic mass is 35.5. The summed E-state index contributed by atoms with van der Waals surface area (Å²) in [6, 6.07) is 7.62. The van der Waals surface area contributed by atoms with Crippen LogP contribution in [0.15, 0.2) is 43.0 Å². The zero-order valence-electron chi connectivity index (χ0n) is 11.3. The van der Waals surface area contributed by atoms with Crippen LogP contribution in [0, 0.1) is 0 Å². The molecular weight excluding hydrogens is 274 g/mol. The van der Waals surface area contributed by atoms with Crippen molar-refractivity contribution in [3.05, 3.63) is 53.6 Å². The number of rotatable bonds is 7. The molecule has 2 rings (SSSR count). The van der Waals surface area contributed by atoms with E-state index in [-0.39, 0.29) is 5.91 Å². The molecular formula is C15H18ClN3O. The Labute approximate surface area is 123 Å². The summed E-state index contributed by atoms with van der Waals surface area (Å²) in [4.78, 5) is 15.7. The van der Waals surface area contributed by atoms with Gasteiger partial charge in [0.15, 0.2) is 0 Å². The first kappa shape index (κ1) is 14.6. The van der Waals surface area contributed by atoms with Crippen molar-refractivity contribution in [2.45, 2.75) is 25.8 Å². The molecule has 1 N–H and O–H groups in total. The Morgan fingerprint density at radius 2 is 2.30 bits per heavy atom. The third-order valence-electron chi connectivity index (χ3n) is 3.00. The van der Waals surface area contributed by atoms with Crippen molar-refractivity contribution in [2.24, 2.45) is 0 Å². The third-order valence-corrected chi connectivity index (χ3v) is 3.24. The quantitative estimate of drug-likeness (QED) is 0.797. The number of amides is 1. The van der Waals surface area contributed by atoms with Crippen LogP contribution in [0.5, 0.6) is 0 Å². The van der Waals surface area contributed by atoms with Gasteiger partial charge in [-0.3, -0.25) is 4.79 Å². The molecule has 1 heterocycles. The van der Waals surface area contributed by atoms with E-state index in [1.54, 1.807) is 12.5 Å². The van der Waals surface area contributed by atoms with Gasteiger partial charge in [0, 0.05) is 36.9 Å². The molecule has 0 radical (unpaired) electrons. The highest BCUT2D eigenvalue weighted by molar-refractivity contribution is 6.30. The largest absolute Gasteiger partial charge is 0.356 e. The summed E-state index contributed by atoms with van der Waals surface area (Å²) < 4.78 is 2.00. The van der Waals surface area contributed by atoms with Crippen LogP contribution in [0.1, 0.15) is 18.4 Å². The van der Waals surface area contributed by atoms with Crippen molar-refractivity contribution in [3.8, 4) is 0 Å². The number of imidazole rings is 1. The van der Waals surface area contributed by atoms with E-state index < -0.39 is 0 Å². The second-order valence-electron chi connectivity index (χ2n) is 4.63. The van der Waals surface area contributed by atoms with Crippen LogP contribution < -0.4 is 5.32 Å². The molecule has 0 unspecified atom stereocenters. The number of benzene rings is 1. The van der Waals surface area contributed by atoms with Crippen molar-refractivity contribution in [1.29, 1.82) is 0 Å². The van der Waals surface area contributed by atoms with Crippen LogP contribution >= 0.6 is 11.6 Å². The first-order valence-corrected chi connectivity index (χ1v) is 7.09. The van der Waals surface area contributed by atoms with Gasteiger partial charge >= 0.3 is 0 Å². The van der Waals surface area contributed by atoms with Gasteiger partial charge in [0.2, 0.25) is 5.91 Å². The molecule has 0 aliphatic carbocycles. The maximum Gasteiger partial charge on any atom is 0.220 e. The summed E-state index contributed by atoms with van der Waals surface area (Å²) in [6.07, 6.45) is 7.56. The Bertz CT molecular complexity index is 540. The standard InChI is InChI=1S/C15H18ClN3O/c16-14-4-1-3-13(11-14)5-6-15(20)18-7-2-9-19-10-8-17-12-19/h1,3-4,8,10-12H,2,5-7,9H2,(H,18,20). The number of hydrogen-bond donors (Lipinski definition) is 1. The minimum Gasteiger partial charge on any atom is -0.356 e. The van der Waals surface area contributed by atoms with Crippen LogP contribution in [-0.2, 0) is 17.8 Å². The third kappa shape index (κ3) is 5.05. The molecule has 0 atom stereocenters. The number of nitrogens with zero attached hydrogens (tertiary/aromatic N) is 2. The summed E-state index contributed by atoms with van der Waals surface area (Å²) in [5.41, 5.74) is 1.09. The Kier molecular flexibility index (Phi) is 5.62. The predicted octanol–water partition coefficient (Wildman–Crippen LogP) is 2.68. The fourth-order valence-electron chi connectivity index (χ4n) is 1.95. The molecule has 1 aromatic carbocycles. The van der Waals surface area contributed by atoms with Gasteiger partial charge in [-0.05, 0) is 30.5 Å². The summed E-state index contributed by atoms with van der Waals surface area (Å²) in [5, 5.41) is 3.64. The van der Waals surface area contributed by atoms with Crippen molar-refractivity contribution >= 4 is 17.5 Å². The smallest absolute Gasteiger partial charge is 0.220 e. The lowest BCUT2D eigenvalue weighted by molar-refractivity contribution is -0.121. The number of aromatic nitrogens is 2. The van der Waals surface area contributed by atoms with Gasteiger partial charge in [0.25, 0.3) is 0 Å². The zero-order valence-corrected chi connectivity index (χ0v) is 12.0. The maximum absolute atomic E-state index is 11.7. The lowest BCUT2D eigenvalue weighted by atomic mass is 10.1. The van der Waals surface area contributed by atoms with Crippen LogP contribution in [0.25, 0.3) is 0 Å². The van der Waals surface area contributed by atoms with Crippen molar-refractivity contribution in [1.82, 2.24) is 14.9 Å². The zero-order chi connectivity index (χ0) is 14.2. The fourth-order valence-corrected chi connectivity index (χ4v) is 2.16. The number of hydrogen-bond acceptors (Lipinski definition) is 2. The second-order valence-corrected chi connectivity index (χ2v) is 5.07. The van der Waals surface area contributed by atoms with E-state index in [2.05, 4.69) is 10.3 Å². The van der Waals surface area contributed by atoms with Gasteiger partial charge in [0.1, 0.15) is 0 Å². The molecule has 5 heteroatoms. The van der Waals surface area contributed by atoms with Crippen LogP contribution in [0.3, 0.4) is 0 Å². The average Bonchev–Trinajstić information content (AvgIpc) is 2.95. The van der Waals surface area contributed by atoms with E-state index in [9.17, 15) is 4.79 Å². The summed E-state index contributed by atoms with van der Waals surface area (Å²) in [6.45, 7) is 1.56.